The molecule has 0 aliphatic heterocycles. The third kappa shape index (κ3) is 4.44. The molecule has 7 heteroatoms. The normalized spacial score (nSPS) is 10.5. The number of carbonyl (C=O) groups is 1. The summed E-state index contributed by atoms with van der Waals surface area (Å²) >= 11 is 0. The Morgan fingerprint density at radius 1 is 1.11 bits per heavy atom. The number of hydrogen-bond donors (Lipinski definition) is 1. The van der Waals surface area contributed by atoms with E-state index in [4.69, 9.17) is 9.47 Å². The molecule has 0 radical (unpaired) electrons. The lowest BCUT2D eigenvalue weighted by Crippen LogP contribution is -2.12. The topological polar surface area (TPSA) is 65.4 Å². The molecule has 0 bridgehead atoms. The molecule has 0 saturated heterocycles. The molecule has 0 saturated carbocycles. The largest absolute Gasteiger partial charge is 0.494 e. The number of nitrogens with zero attached hydrogens (tertiary/aromatic N) is 2. The average molecular weight is 369 g/mol. The van der Waals surface area contributed by atoms with Crippen molar-refractivity contribution in [3.05, 3.63) is 66.2 Å². The number of nitrogens with one attached hydrogen (secondary N) is 1. The van der Waals surface area contributed by atoms with E-state index in [2.05, 4.69) is 10.4 Å². The van der Waals surface area contributed by atoms with Gasteiger partial charge >= 0.3 is 0 Å². The Kier molecular flexibility index (Phi) is 5.71. The SMILES string of the molecule is CCOc1ccc(OCC)c(NC(=O)c2cnn(-c3ccc(F)cc3)c2)c1. The van der Waals surface area contributed by atoms with E-state index < -0.39 is 0 Å². The molecule has 1 heterocycles. The number of hydrogen-bond acceptors (Lipinski definition) is 4. The fourth-order valence-corrected chi connectivity index (χ4v) is 2.51. The van der Waals surface area contributed by atoms with Crippen LogP contribution in [-0.4, -0.2) is 28.9 Å². The fourth-order valence-electron chi connectivity index (χ4n) is 2.51. The molecule has 2 aromatic carbocycles. The highest BCUT2D eigenvalue weighted by Crippen LogP contribution is 2.30. The molecule has 140 valence electrons. The van der Waals surface area contributed by atoms with Crippen molar-refractivity contribution in [1.29, 1.82) is 0 Å². The van der Waals surface area contributed by atoms with Crippen LogP contribution in [0, 0.1) is 5.82 Å². The van der Waals surface area contributed by atoms with E-state index in [1.165, 1.54) is 23.0 Å². The first-order valence-electron chi connectivity index (χ1n) is 8.62. The monoisotopic (exact) mass is 369 g/mol. The molecule has 0 unspecified atom stereocenters. The zero-order chi connectivity index (χ0) is 19.2. The molecule has 6 nitrogen and oxygen atoms in total. The molecule has 0 spiro atoms. The standard InChI is InChI=1S/C20H20FN3O3/c1-3-26-17-9-10-19(27-4-2)18(11-17)23-20(25)14-12-22-24(13-14)16-7-5-15(21)6-8-16/h5-13H,3-4H2,1-2H3,(H,23,25). The van der Waals surface area contributed by atoms with Gasteiger partial charge in [0.2, 0.25) is 0 Å². The van der Waals surface area contributed by atoms with Crippen LogP contribution in [0.2, 0.25) is 0 Å². The molecule has 3 rings (SSSR count). The number of anilines is 1. The summed E-state index contributed by atoms with van der Waals surface area (Å²) in [6.45, 7) is 4.75. The third-order valence-corrected chi connectivity index (χ3v) is 3.75. The van der Waals surface area contributed by atoms with Gasteiger partial charge in [0.25, 0.3) is 5.91 Å². The molecule has 1 N–H and O–H groups in total. The predicted octanol–water partition coefficient (Wildman–Crippen LogP) is 4.06. The van der Waals surface area contributed by atoms with Crippen molar-refractivity contribution in [1.82, 2.24) is 9.78 Å². The molecular formula is C20H20FN3O3. The van der Waals surface area contributed by atoms with Gasteiger partial charge in [0.1, 0.15) is 17.3 Å². The van der Waals surface area contributed by atoms with E-state index in [9.17, 15) is 9.18 Å². The van der Waals surface area contributed by atoms with Gasteiger partial charge < -0.3 is 14.8 Å². The van der Waals surface area contributed by atoms with Crippen molar-refractivity contribution in [2.24, 2.45) is 0 Å². The smallest absolute Gasteiger partial charge is 0.258 e. The number of carbonyl (C=O) groups excluding carboxylic acids is 1. The van der Waals surface area contributed by atoms with Crippen LogP contribution in [0.1, 0.15) is 24.2 Å². The maximum absolute atomic E-state index is 13.1. The van der Waals surface area contributed by atoms with Gasteiger partial charge in [-0.05, 0) is 50.2 Å². The Morgan fingerprint density at radius 3 is 2.56 bits per heavy atom. The molecule has 0 atom stereocenters. The van der Waals surface area contributed by atoms with E-state index in [0.717, 1.165) is 0 Å². The number of rotatable bonds is 7. The second kappa shape index (κ2) is 8.35. The van der Waals surface area contributed by atoms with Crippen LogP contribution in [0.25, 0.3) is 5.69 Å². The summed E-state index contributed by atoms with van der Waals surface area (Å²) in [6, 6.07) is 11.1. The predicted molar refractivity (Wildman–Crippen MR) is 100 cm³/mol. The lowest BCUT2D eigenvalue weighted by molar-refractivity contribution is 0.102. The van der Waals surface area contributed by atoms with Crippen LogP contribution < -0.4 is 14.8 Å². The minimum absolute atomic E-state index is 0.332. The highest BCUT2D eigenvalue weighted by Gasteiger charge is 2.14. The minimum atomic E-state index is -0.335. The number of aromatic nitrogens is 2. The summed E-state index contributed by atoms with van der Waals surface area (Å²) < 4.78 is 25.6. The number of amides is 1. The fraction of sp³-hybridized carbons (Fsp3) is 0.200. The van der Waals surface area contributed by atoms with Crippen molar-refractivity contribution in [3.8, 4) is 17.2 Å². The summed E-state index contributed by atoms with van der Waals surface area (Å²) in [6.07, 6.45) is 3.03. The van der Waals surface area contributed by atoms with E-state index in [1.54, 1.807) is 36.5 Å². The van der Waals surface area contributed by atoms with Crippen LogP contribution in [0.4, 0.5) is 10.1 Å². The Morgan fingerprint density at radius 2 is 1.85 bits per heavy atom. The summed E-state index contributed by atoms with van der Waals surface area (Å²) in [5.74, 6) is 0.526. The van der Waals surface area contributed by atoms with Gasteiger partial charge in [-0.3, -0.25) is 4.79 Å². The Bertz CT molecular complexity index is 922. The Balaban J connectivity index is 1.81. The van der Waals surface area contributed by atoms with Crippen molar-refractivity contribution in [2.75, 3.05) is 18.5 Å². The Hall–Kier alpha value is -3.35. The van der Waals surface area contributed by atoms with Crippen molar-refractivity contribution >= 4 is 11.6 Å². The van der Waals surface area contributed by atoms with Crippen LogP contribution in [-0.2, 0) is 0 Å². The van der Waals surface area contributed by atoms with Crippen LogP contribution in [0.5, 0.6) is 11.5 Å². The van der Waals surface area contributed by atoms with Gasteiger partial charge in [0.15, 0.2) is 0 Å². The molecule has 0 fully saturated rings. The molecule has 0 aliphatic rings. The first kappa shape index (κ1) is 18.4. The van der Waals surface area contributed by atoms with Gasteiger partial charge in [0, 0.05) is 12.3 Å². The molecule has 0 aliphatic carbocycles. The molecule has 1 aromatic heterocycles. The van der Waals surface area contributed by atoms with E-state index >= 15 is 0 Å². The second-order valence-corrected chi connectivity index (χ2v) is 5.63. The summed E-state index contributed by atoms with van der Waals surface area (Å²) in [7, 11) is 0. The lowest BCUT2D eigenvalue weighted by atomic mass is 10.2. The third-order valence-electron chi connectivity index (χ3n) is 3.75. The van der Waals surface area contributed by atoms with Gasteiger partial charge in [-0.1, -0.05) is 0 Å². The van der Waals surface area contributed by atoms with Gasteiger partial charge in [0.05, 0.1) is 36.3 Å². The highest BCUT2D eigenvalue weighted by molar-refractivity contribution is 6.04. The number of halogens is 1. The van der Waals surface area contributed by atoms with Crippen molar-refractivity contribution in [2.45, 2.75) is 13.8 Å². The number of ether oxygens (including phenoxy) is 2. The molecule has 1 amide bonds. The quantitative estimate of drug-likeness (QED) is 0.682. The highest BCUT2D eigenvalue weighted by atomic mass is 19.1. The average Bonchev–Trinajstić information content (AvgIpc) is 3.15. The number of benzene rings is 2. The van der Waals surface area contributed by atoms with E-state index in [-0.39, 0.29) is 11.7 Å². The molecule has 3 aromatic rings. The molecule has 27 heavy (non-hydrogen) atoms. The van der Waals surface area contributed by atoms with Gasteiger partial charge in [-0.15, -0.1) is 0 Å². The summed E-state index contributed by atoms with van der Waals surface area (Å²) in [4.78, 5) is 12.6. The maximum Gasteiger partial charge on any atom is 0.258 e. The maximum atomic E-state index is 13.1. The first-order valence-corrected chi connectivity index (χ1v) is 8.62. The second-order valence-electron chi connectivity index (χ2n) is 5.63. The van der Waals surface area contributed by atoms with Crippen molar-refractivity contribution < 1.29 is 18.7 Å². The van der Waals surface area contributed by atoms with Crippen LogP contribution in [0.3, 0.4) is 0 Å². The van der Waals surface area contributed by atoms with Crippen LogP contribution in [0.15, 0.2) is 54.9 Å². The summed E-state index contributed by atoms with van der Waals surface area (Å²) in [5, 5.41) is 6.99. The van der Waals surface area contributed by atoms with E-state index in [0.29, 0.717) is 41.7 Å². The zero-order valence-corrected chi connectivity index (χ0v) is 15.1. The summed E-state index contributed by atoms with van der Waals surface area (Å²) in [5.41, 5.74) is 1.54. The van der Waals surface area contributed by atoms with E-state index in [1.807, 2.05) is 13.8 Å². The Labute approximate surface area is 156 Å². The van der Waals surface area contributed by atoms with Crippen molar-refractivity contribution in [3.63, 3.8) is 0 Å². The first-order chi connectivity index (χ1) is 13.1. The van der Waals surface area contributed by atoms with Crippen LogP contribution >= 0.6 is 0 Å². The van der Waals surface area contributed by atoms with Gasteiger partial charge in [-0.25, -0.2) is 9.07 Å². The lowest BCUT2D eigenvalue weighted by Gasteiger charge is -2.13. The minimum Gasteiger partial charge on any atom is -0.494 e. The van der Waals surface area contributed by atoms with Gasteiger partial charge in [-0.2, -0.15) is 5.10 Å². The zero-order valence-electron chi connectivity index (χ0n) is 15.1. The molecular weight excluding hydrogens is 349 g/mol.